The Hall–Kier alpha value is -2.99. The molecule has 0 atom stereocenters. The van der Waals surface area contributed by atoms with Gasteiger partial charge in [-0.15, -0.1) is 0 Å². The molecule has 2 aliphatic heterocycles. The number of aromatic nitrogens is 1. The molecule has 1 saturated heterocycles. The Morgan fingerprint density at radius 1 is 1.00 bits per heavy atom. The summed E-state index contributed by atoms with van der Waals surface area (Å²) in [5.41, 5.74) is 3.65. The molecular formula is C30H36ClN3O3. The first-order chi connectivity index (χ1) is 18.0. The van der Waals surface area contributed by atoms with E-state index in [1.54, 1.807) is 0 Å². The van der Waals surface area contributed by atoms with Crippen molar-refractivity contribution in [1.82, 2.24) is 15.2 Å². The SMILES string of the molecule is Cc1c(C(=O)N2CCC3(CCCCc4ccccc4OCCCC(=O)NC3)CC2)[nH]c2c(Cl)cccc12. The van der Waals surface area contributed by atoms with Gasteiger partial charge in [0.05, 0.1) is 17.1 Å². The average molecular weight is 522 g/mol. The molecule has 2 aromatic carbocycles. The van der Waals surface area contributed by atoms with Gasteiger partial charge in [0.2, 0.25) is 5.91 Å². The molecule has 5 rings (SSSR count). The summed E-state index contributed by atoms with van der Waals surface area (Å²) in [6, 6.07) is 14.0. The fourth-order valence-corrected chi connectivity index (χ4v) is 6.07. The molecule has 1 aromatic heterocycles. The van der Waals surface area contributed by atoms with Crippen LogP contribution in [0.1, 0.15) is 66.6 Å². The summed E-state index contributed by atoms with van der Waals surface area (Å²) >= 11 is 6.37. The van der Waals surface area contributed by atoms with Gasteiger partial charge in [0, 0.05) is 31.4 Å². The van der Waals surface area contributed by atoms with Crippen LogP contribution in [0, 0.1) is 12.3 Å². The first-order valence-corrected chi connectivity index (χ1v) is 13.9. The van der Waals surface area contributed by atoms with E-state index in [0.29, 0.717) is 49.8 Å². The number of nitrogens with zero attached hydrogens (tertiary/aromatic N) is 1. The lowest BCUT2D eigenvalue weighted by atomic mass is 9.74. The van der Waals surface area contributed by atoms with Gasteiger partial charge in [0.15, 0.2) is 0 Å². The molecule has 2 N–H and O–H groups in total. The number of aryl methyl sites for hydroxylation is 2. The van der Waals surface area contributed by atoms with Crippen molar-refractivity contribution >= 4 is 34.3 Å². The number of halogens is 1. The highest BCUT2D eigenvalue weighted by molar-refractivity contribution is 6.35. The number of carbonyl (C=O) groups is 2. The highest BCUT2D eigenvalue weighted by atomic mass is 35.5. The molecule has 2 aliphatic rings. The van der Waals surface area contributed by atoms with Crippen LogP contribution in [0.15, 0.2) is 42.5 Å². The van der Waals surface area contributed by atoms with E-state index in [4.69, 9.17) is 16.3 Å². The summed E-state index contributed by atoms with van der Waals surface area (Å²) in [7, 11) is 0. The molecule has 0 saturated carbocycles. The van der Waals surface area contributed by atoms with Crippen molar-refractivity contribution in [3.8, 4) is 5.75 Å². The third kappa shape index (κ3) is 5.64. The molecule has 0 bridgehead atoms. The number of aromatic amines is 1. The number of rotatable bonds is 1. The third-order valence-corrected chi connectivity index (χ3v) is 8.52. The van der Waals surface area contributed by atoms with E-state index in [0.717, 1.165) is 60.7 Å². The maximum absolute atomic E-state index is 13.5. The lowest BCUT2D eigenvalue weighted by molar-refractivity contribution is -0.122. The zero-order valence-electron chi connectivity index (χ0n) is 21.6. The number of para-hydroxylation sites is 2. The van der Waals surface area contributed by atoms with Crippen LogP contribution in [0.25, 0.3) is 10.9 Å². The molecule has 3 aromatic rings. The van der Waals surface area contributed by atoms with Crippen LogP contribution in [0.3, 0.4) is 0 Å². The molecule has 0 radical (unpaired) electrons. The predicted molar refractivity (Wildman–Crippen MR) is 147 cm³/mol. The second-order valence-electron chi connectivity index (χ2n) is 10.6. The smallest absolute Gasteiger partial charge is 0.270 e. The van der Waals surface area contributed by atoms with Gasteiger partial charge in [-0.3, -0.25) is 9.59 Å². The topological polar surface area (TPSA) is 74.4 Å². The van der Waals surface area contributed by atoms with Gasteiger partial charge in [0.1, 0.15) is 11.4 Å². The average Bonchev–Trinajstić information content (AvgIpc) is 3.26. The third-order valence-electron chi connectivity index (χ3n) is 8.21. The first kappa shape index (κ1) is 25.7. The van der Waals surface area contributed by atoms with Gasteiger partial charge in [-0.1, -0.05) is 48.4 Å². The van der Waals surface area contributed by atoms with Crippen LogP contribution >= 0.6 is 11.6 Å². The molecule has 0 aliphatic carbocycles. The molecule has 6 nitrogen and oxygen atoms in total. The minimum Gasteiger partial charge on any atom is -0.493 e. The maximum Gasteiger partial charge on any atom is 0.270 e. The van der Waals surface area contributed by atoms with E-state index in [-0.39, 0.29) is 17.2 Å². The Kier molecular flexibility index (Phi) is 7.75. The molecule has 1 fully saturated rings. The quantitative estimate of drug-likeness (QED) is 0.409. The largest absolute Gasteiger partial charge is 0.493 e. The minimum atomic E-state index is 0.0192. The number of hydrogen-bond acceptors (Lipinski definition) is 3. The van der Waals surface area contributed by atoms with Crippen molar-refractivity contribution in [2.45, 2.75) is 58.3 Å². The number of ether oxygens (including phenoxy) is 1. The van der Waals surface area contributed by atoms with Crippen LogP contribution < -0.4 is 10.1 Å². The van der Waals surface area contributed by atoms with E-state index < -0.39 is 0 Å². The Morgan fingerprint density at radius 2 is 1.81 bits per heavy atom. The Bertz CT molecular complexity index is 1280. The second-order valence-corrected chi connectivity index (χ2v) is 11.0. The summed E-state index contributed by atoms with van der Waals surface area (Å²) in [6.07, 6.45) is 7.13. The van der Waals surface area contributed by atoms with Crippen molar-refractivity contribution in [2.75, 3.05) is 26.2 Å². The molecule has 3 heterocycles. The number of H-pyrrole nitrogens is 1. The summed E-state index contributed by atoms with van der Waals surface area (Å²) in [4.78, 5) is 31.3. The summed E-state index contributed by atoms with van der Waals surface area (Å²) in [5, 5.41) is 4.82. The number of nitrogens with one attached hydrogen (secondary N) is 2. The molecule has 7 heteroatoms. The minimum absolute atomic E-state index is 0.0192. The van der Waals surface area contributed by atoms with Crippen LogP contribution in [0.5, 0.6) is 5.75 Å². The van der Waals surface area contributed by atoms with Gasteiger partial charge in [0.25, 0.3) is 5.91 Å². The first-order valence-electron chi connectivity index (χ1n) is 13.5. The summed E-state index contributed by atoms with van der Waals surface area (Å²) < 4.78 is 5.97. The Morgan fingerprint density at radius 3 is 2.62 bits per heavy atom. The molecule has 1 spiro atoms. The second kappa shape index (κ2) is 11.2. The fraction of sp³-hybridized carbons (Fsp3) is 0.467. The van der Waals surface area contributed by atoms with Crippen molar-refractivity contribution in [3.05, 3.63) is 64.3 Å². The van der Waals surface area contributed by atoms with Gasteiger partial charge in [-0.25, -0.2) is 0 Å². The highest BCUT2D eigenvalue weighted by Gasteiger charge is 2.36. The number of piperidine rings is 1. The van der Waals surface area contributed by atoms with E-state index in [2.05, 4.69) is 22.4 Å². The fourth-order valence-electron chi connectivity index (χ4n) is 5.84. The number of fused-ring (bicyclic) bond motifs is 2. The number of amides is 2. The van der Waals surface area contributed by atoms with Crippen molar-refractivity contribution in [2.24, 2.45) is 5.41 Å². The normalized spacial score (nSPS) is 19.1. The van der Waals surface area contributed by atoms with Crippen LogP contribution in [-0.4, -0.2) is 47.9 Å². The van der Waals surface area contributed by atoms with Gasteiger partial charge >= 0.3 is 0 Å². The van der Waals surface area contributed by atoms with Gasteiger partial charge in [-0.2, -0.15) is 0 Å². The van der Waals surface area contributed by atoms with E-state index in [1.807, 2.05) is 42.2 Å². The zero-order valence-corrected chi connectivity index (χ0v) is 22.3. The van der Waals surface area contributed by atoms with E-state index in [9.17, 15) is 9.59 Å². The molecule has 0 unspecified atom stereocenters. The van der Waals surface area contributed by atoms with Crippen molar-refractivity contribution in [1.29, 1.82) is 0 Å². The van der Waals surface area contributed by atoms with Crippen LogP contribution in [0.2, 0.25) is 5.02 Å². The molecule has 2 amide bonds. The molecular weight excluding hydrogens is 486 g/mol. The predicted octanol–water partition coefficient (Wildman–Crippen LogP) is 6.05. The summed E-state index contributed by atoms with van der Waals surface area (Å²) in [5.74, 6) is 1.05. The zero-order chi connectivity index (χ0) is 25.8. The monoisotopic (exact) mass is 521 g/mol. The van der Waals surface area contributed by atoms with Gasteiger partial charge < -0.3 is 19.9 Å². The lowest BCUT2D eigenvalue weighted by Gasteiger charge is -2.42. The Balaban J connectivity index is 1.27. The van der Waals surface area contributed by atoms with E-state index >= 15 is 0 Å². The van der Waals surface area contributed by atoms with Crippen LogP contribution in [0.4, 0.5) is 0 Å². The number of carbonyl (C=O) groups excluding carboxylic acids is 2. The highest BCUT2D eigenvalue weighted by Crippen LogP contribution is 2.38. The lowest BCUT2D eigenvalue weighted by Crippen LogP contribution is -2.48. The molecule has 37 heavy (non-hydrogen) atoms. The van der Waals surface area contributed by atoms with Crippen molar-refractivity contribution in [3.63, 3.8) is 0 Å². The maximum atomic E-state index is 13.5. The number of likely N-dealkylation sites (tertiary alicyclic amines) is 1. The molecule has 196 valence electrons. The van der Waals surface area contributed by atoms with Crippen LogP contribution in [-0.2, 0) is 11.2 Å². The van der Waals surface area contributed by atoms with E-state index in [1.165, 1.54) is 5.56 Å². The summed E-state index contributed by atoms with van der Waals surface area (Å²) in [6.45, 7) is 4.57. The standard InChI is InChI=1S/C30H36ClN3O3/c1-21-23-10-6-11-24(31)28(23)33-27(21)29(36)34-17-15-30(16-18-34)14-5-4-9-22-8-2-3-12-25(22)37-19-7-13-26(35)32-20-30/h2-3,6,8,10-12,33H,4-5,7,9,13-20H2,1H3,(H,32,35). The van der Waals surface area contributed by atoms with Crippen molar-refractivity contribution < 1.29 is 14.3 Å². The number of hydrogen-bond donors (Lipinski definition) is 2. The Labute approximate surface area is 223 Å². The van der Waals surface area contributed by atoms with Gasteiger partial charge in [-0.05, 0) is 74.1 Å². The number of benzene rings is 2.